The Labute approximate surface area is 254 Å². The summed E-state index contributed by atoms with van der Waals surface area (Å²) in [6.45, 7) is 3.33. The van der Waals surface area contributed by atoms with Crippen LogP contribution in [0.15, 0.2) is 103 Å². The van der Waals surface area contributed by atoms with Gasteiger partial charge in [0.1, 0.15) is 11.3 Å². The molecule has 4 aromatic rings. The van der Waals surface area contributed by atoms with Crippen molar-refractivity contribution in [1.29, 1.82) is 0 Å². The van der Waals surface area contributed by atoms with E-state index in [2.05, 4.69) is 5.32 Å². The Balaban J connectivity index is 1.76. The van der Waals surface area contributed by atoms with E-state index < -0.39 is 40.3 Å². The lowest BCUT2D eigenvalue weighted by molar-refractivity contribution is -0.384. The van der Waals surface area contributed by atoms with Gasteiger partial charge >= 0.3 is 12.0 Å². The third kappa shape index (κ3) is 5.37. The molecule has 0 aliphatic carbocycles. The number of ether oxygens (including phenoxy) is 1. The summed E-state index contributed by atoms with van der Waals surface area (Å²) in [5.74, 6) is -3.34. The Morgan fingerprint density at radius 3 is 2.02 bits per heavy atom. The molecule has 10 heteroatoms. The number of nitrogens with zero attached hydrogens (tertiary/aromatic N) is 2. The van der Waals surface area contributed by atoms with Crippen LogP contribution in [0.2, 0.25) is 0 Å². The number of amides is 2. The number of non-ortho nitro benzene ring substituents is 1. The lowest BCUT2D eigenvalue weighted by Crippen LogP contribution is -2.55. The normalized spacial score (nSPS) is 21.0. The molecule has 1 saturated heterocycles. The number of urea groups is 1. The van der Waals surface area contributed by atoms with E-state index in [1.807, 2.05) is 19.1 Å². The third-order valence-corrected chi connectivity index (χ3v) is 8.32. The van der Waals surface area contributed by atoms with Gasteiger partial charge in [-0.1, -0.05) is 72.3 Å². The molecule has 0 radical (unpaired) electrons. The van der Waals surface area contributed by atoms with Crippen LogP contribution in [0, 0.1) is 23.0 Å². The fraction of sp³-hybridized carbons (Fsp3) is 0.206. The van der Waals surface area contributed by atoms with Gasteiger partial charge in [-0.15, -0.1) is 0 Å². The van der Waals surface area contributed by atoms with Gasteiger partial charge in [-0.3, -0.25) is 19.8 Å². The van der Waals surface area contributed by atoms with Gasteiger partial charge < -0.3 is 15.2 Å². The van der Waals surface area contributed by atoms with Crippen molar-refractivity contribution in [3.63, 3.8) is 0 Å². The SMILES string of the molecule is COc1ccc(C2C(C(=O)c3ccccc3)C(c3ccc([N+](=O)[O-])cc3)C(C)(C(=O)O)N2C(=O)Nc2ccc(C)cc2)cc1. The minimum absolute atomic E-state index is 0.185. The summed E-state index contributed by atoms with van der Waals surface area (Å²) in [7, 11) is 1.51. The number of nitro groups is 1. The maximum Gasteiger partial charge on any atom is 0.330 e. The van der Waals surface area contributed by atoms with Crippen molar-refractivity contribution in [1.82, 2.24) is 4.90 Å². The van der Waals surface area contributed by atoms with Crippen molar-refractivity contribution in [3.05, 3.63) is 135 Å². The van der Waals surface area contributed by atoms with Crippen molar-refractivity contribution in [2.24, 2.45) is 5.92 Å². The van der Waals surface area contributed by atoms with Gasteiger partial charge in [0.15, 0.2) is 5.78 Å². The van der Waals surface area contributed by atoms with E-state index in [1.54, 1.807) is 66.7 Å². The molecule has 4 aromatic carbocycles. The monoisotopic (exact) mass is 593 g/mol. The largest absolute Gasteiger partial charge is 0.497 e. The molecule has 0 aromatic heterocycles. The number of nitro benzene ring substituents is 1. The summed E-state index contributed by atoms with van der Waals surface area (Å²) < 4.78 is 5.33. The number of aryl methyl sites for hydroxylation is 1. The van der Waals surface area contributed by atoms with Gasteiger partial charge in [0.2, 0.25) is 0 Å². The first-order valence-corrected chi connectivity index (χ1v) is 13.9. The standard InChI is InChI=1S/C34H31N3O7/c1-21-9-15-25(16-10-21)35-33(41)36-30(23-13-19-27(44-3)20-14-23)28(31(38)24-7-5-4-6-8-24)29(34(36,2)32(39)40)22-11-17-26(18-12-22)37(42)43/h4-20,28-30H,1-3H3,(H,35,41)(H,39,40). The number of methoxy groups -OCH3 is 1. The summed E-state index contributed by atoms with van der Waals surface area (Å²) >= 11 is 0. The summed E-state index contributed by atoms with van der Waals surface area (Å²) in [6, 6.07) is 26.1. The number of ketones is 1. The Morgan fingerprint density at radius 1 is 0.886 bits per heavy atom. The molecule has 4 unspecified atom stereocenters. The van der Waals surface area contributed by atoms with E-state index in [4.69, 9.17) is 4.74 Å². The van der Waals surface area contributed by atoms with Crippen LogP contribution in [0.5, 0.6) is 5.75 Å². The van der Waals surface area contributed by atoms with Crippen LogP contribution < -0.4 is 10.1 Å². The fourth-order valence-corrected chi connectivity index (χ4v) is 6.11. The molecule has 2 N–H and O–H groups in total. The molecule has 1 fully saturated rings. The molecule has 5 rings (SSSR count). The number of rotatable bonds is 8. The van der Waals surface area contributed by atoms with E-state index in [9.17, 15) is 29.6 Å². The van der Waals surface area contributed by atoms with Crippen molar-refractivity contribution in [2.75, 3.05) is 12.4 Å². The quantitative estimate of drug-likeness (QED) is 0.133. The van der Waals surface area contributed by atoms with Gasteiger partial charge in [-0.2, -0.15) is 0 Å². The van der Waals surface area contributed by atoms with E-state index in [-0.39, 0.29) is 11.5 Å². The van der Waals surface area contributed by atoms with E-state index >= 15 is 0 Å². The summed E-state index contributed by atoms with van der Waals surface area (Å²) in [6.07, 6.45) is 0. The van der Waals surface area contributed by atoms with Gasteiger partial charge in [0, 0.05) is 29.3 Å². The predicted octanol–water partition coefficient (Wildman–Crippen LogP) is 6.63. The molecule has 2 amide bonds. The fourth-order valence-electron chi connectivity index (χ4n) is 6.11. The Hall–Kier alpha value is -5.51. The van der Waals surface area contributed by atoms with Crippen molar-refractivity contribution >= 4 is 29.2 Å². The lowest BCUT2D eigenvalue weighted by Gasteiger charge is -2.37. The second-order valence-electron chi connectivity index (χ2n) is 10.9. The summed E-state index contributed by atoms with van der Waals surface area (Å²) in [4.78, 5) is 54.3. The van der Waals surface area contributed by atoms with Crippen molar-refractivity contribution < 1.29 is 29.2 Å². The Bertz CT molecular complexity index is 1690. The smallest absolute Gasteiger partial charge is 0.330 e. The molecular weight excluding hydrogens is 562 g/mol. The van der Waals surface area contributed by atoms with E-state index in [1.165, 1.54) is 43.2 Å². The van der Waals surface area contributed by atoms with Crippen molar-refractivity contribution in [3.8, 4) is 5.75 Å². The number of carboxylic acids is 1. The number of carboxylic acid groups (broad SMARTS) is 1. The van der Waals surface area contributed by atoms with E-state index in [0.29, 0.717) is 28.1 Å². The first-order chi connectivity index (χ1) is 21.1. The van der Waals surface area contributed by atoms with Crippen LogP contribution in [-0.2, 0) is 4.79 Å². The Kier molecular flexibility index (Phi) is 8.17. The molecule has 1 heterocycles. The number of benzene rings is 4. The molecule has 1 aliphatic heterocycles. The number of carbonyl (C=O) groups excluding carboxylic acids is 2. The van der Waals surface area contributed by atoms with Crippen molar-refractivity contribution in [2.45, 2.75) is 31.3 Å². The zero-order valence-electron chi connectivity index (χ0n) is 24.3. The molecule has 0 saturated carbocycles. The second-order valence-corrected chi connectivity index (χ2v) is 10.9. The molecule has 0 spiro atoms. The van der Waals surface area contributed by atoms with Crippen LogP contribution in [0.1, 0.15) is 45.9 Å². The van der Waals surface area contributed by atoms with Crippen LogP contribution in [0.3, 0.4) is 0 Å². The number of hydrogen-bond donors (Lipinski definition) is 2. The van der Waals surface area contributed by atoms with Crippen LogP contribution in [0.4, 0.5) is 16.2 Å². The van der Waals surface area contributed by atoms with E-state index in [0.717, 1.165) is 5.56 Å². The van der Waals surface area contributed by atoms with Crippen LogP contribution in [-0.4, -0.2) is 45.4 Å². The molecule has 0 bridgehead atoms. The predicted molar refractivity (Wildman–Crippen MR) is 164 cm³/mol. The minimum Gasteiger partial charge on any atom is -0.497 e. The minimum atomic E-state index is -1.97. The maximum absolute atomic E-state index is 14.5. The Morgan fingerprint density at radius 2 is 1.48 bits per heavy atom. The number of carbonyl (C=O) groups is 3. The zero-order valence-corrected chi connectivity index (χ0v) is 24.3. The molecule has 44 heavy (non-hydrogen) atoms. The van der Waals surface area contributed by atoms with Gasteiger partial charge in [0.25, 0.3) is 5.69 Å². The average Bonchev–Trinajstić information content (AvgIpc) is 3.32. The third-order valence-electron chi connectivity index (χ3n) is 8.32. The maximum atomic E-state index is 14.5. The first-order valence-electron chi connectivity index (χ1n) is 13.9. The molecule has 224 valence electrons. The number of likely N-dealkylation sites (tertiary alicyclic amines) is 1. The van der Waals surface area contributed by atoms with Gasteiger partial charge in [0.05, 0.1) is 24.0 Å². The topological polar surface area (TPSA) is 139 Å². The number of Topliss-reactive ketones (excluding diaryl/α,β-unsaturated/α-hetero) is 1. The molecule has 4 atom stereocenters. The number of aliphatic carboxylic acids is 1. The average molecular weight is 594 g/mol. The lowest BCUT2D eigenvalue weighted by atomic mass is 9.71. The second kappa shape index (κ2) is 12.0. The van der Waals surface area contributed by atoms with Gasteiger partial charge in [-0.05, 0) is 49.2 Å². The zero-order chi connectivity index (χ0) is 31.6. The number of anilines is 1. The molecular formula is C34H31N3O7. The number of hydrogen-bond acceptors (Lipinski definition) is 6. The first kappa shape index (κ1) is 30.0. The van der Waals surface area contributed by atoms with Crippen LogP contribution in [0.25, 0.3) is 0 Å². The highest BCUT2D eigenvalue weighted by molar-refractivity contribution is 6.03. The highest BCUT2D eigenvalue weighted by Gasteiger charge is 2.65. The highest BCUT2D eigenvalue weighted by Crippen LogP contribution is 2.57. The summed E-state index contributed by atoms with van der Waals surface area (Å²) in [5, 5.41) is 25.2. The van der Waals surface area contributed by atoms with Gasteiger partial charge in [-0.25, -0.2) is 9.59 Å². The summed E-state index contributed by atoms with van der Waals surface area (Å²) in [5.41, 5.74) is 0.515. The highest BCUT2D eigenvalue weighted by atomic mass is 16.6. The number of nitrogens with one attached hydrogen (secondary N) is 1. The molecule has 1 aliphatic rings. The molecule has 10 nitrogen and oxygen atoms in total. The van der Waals surface area contributed by atoms with Crippen LogP contribution >= 0.6 is 0 Å².